The molecule has 1 aliphatic rings. The number of hydrogen-bond donors (Lipinski definition) is 1. The number of anilines is 1. The summed E-state index contributed by atoms with van der Waals surface area (Å²) in [5.41, 5.74) is 7.80. The lowest BCUT2D eigenvalue weighted by Gasteiger charge is -2.39. The molecule has 2 nitrogen and oxygen atoms in total. The maximum absolute atomic E-state index is 6.04. The van der Waals surface area contributed by atoms with Crippen LogP contribution in [0.5, 0.6) is 0 Å². The van der Waals surface area contributed by atoms with Crippen molar-refractivity contribution < 1.29 is 0 Å². The first-order valence-corrected chi connectivity index (χ1v) is 6.75. The number of nitrogen functional groups attached to an aromatic ring is 1. The molecule has 1 aliphatic heterocycles. The van der Waals surface area contributed by atoms with Gasteiger partial charge in [-0.1, -0.05) is 18.0 Å². The molecule has 2 atom stereocenters. The molecule has 2 unspecified atom stereocenters. The number of nitrogens with zero attached hydrogens (tertiary/aromatic N) is 1. The lowest BCUT2D eigenvalue weighted by atomic mass is 9.96. The summed E-state index contributed by atoms with van der Waals surface area (Å²) in [5.74, 6) is 0. The molecule has 1 saturated heterocycles. The quantitative estimate of drug-likeness (QED) is 0.814. The summed E-state index contributed by atoms with van der Waals surface area (Å²) in [7, 11) is 0. The smallest absolute Gasteiger partial charge is 0.0429 e. The molecule has 94 valence electrons. The Morgan fingerprint density at radius 3 is 2.47 bits per heavy atom. The molecule has 0 aliphatic carbocycles. The molecular weight excluding hydrogens is 232 g/mol. The van der Waals surface area contributed by atoms with Crippen molar-refractivity contribution in [2.75, 3.05) is 5.73 Å². The molecule has 0 spiro atoms. The van der Waals surface area contributed by atoms with E-state index in [1.807, 2.05) is 12.1 Å². The van der Waals surface area contributed by atoms with Crippen LogP contribution in [-0.4, -0.2) is 17.0 Å². The Morgan fingerprint density at radius 2 is 1.88 bits per heavy atom. The van der Waals surface area contributed by atoms with Gasteiger partial charge in [0, 0.05) is 29.3 Å². The number of rotatable bonds is 2. The van der Waals surface area contributed by atoms with E-state index < -0.39 is 0 Å². The summed E-state index contributed by atoms with van der Waals surface area (Å²) < 4.78 is 0. The molecule has 0 radical (unpaired) electrons. The minimum absolute atomic E-state index is 0.652. The van der Waals surface area contributed by atoms with Crippen LogP contribution in [0.3, 0.4) is 0 Å². The Hall–Kier alpha value is -0.730. The van der Waals surface area contributed by atoms with Gasteiger partial charge < -0.3 is 5.73 Å². The molecule has 3 heteroatoms. The Balaban J connectivity index is 2.13. The molecule has 1 fully saturated rings. The average molecular weight is 253 g/mol. The third-order valence-electron chi connectivity index (χ3n) is 3.72. The van der Waals surface area contributed by atoms with E-state index in [2.05, 4.69) is 18.7 Å². The number of benzene rings is 1. The monoisotopic (exact) mass is 252 g/mol. The maximum atomic E-state index is 6.04. The second kappa shape index (κ2) is 5.28. The number of piperidine rings is 1. The van der Waals surface area contributed by atoms with Crippen LogP contribution in [0.25, 0.3) is 0 Å². The van der Waals surface area contributed by atoms with E-state index in [-0.39, 0.29) is 0 Å². The van der Waals surface area contributed by atoms with Gasteiger partial charge in [-0.15, -0.1) is 0 Å². The molecule has 0 bridgehead atoms. The fourth-order valence-corrected chi connectivity index (χ4v) is 3.03. The molecule has 0 saturated carbocycles. The molecular formula is C14H21ClN2. The van der Waals surface area contributed by atoms with Gasteiger partial charge >= 0.3 is 0 Å². The Labute approximate surface area is 109 Å². The van der Waals surface area contributed by atoms with Crippen LogP contribution in [0.4, 0.5) is 5.69 Å². The number of hydrogen-bond acceptors (Lipinski definition) is 2. The van der Waals surface area contributed by atoms with Crippen LogP contribution in [0, 0.1) is 0 Å². The number of nitrogens with two attached hydrogens (primary N) is 1. The van der Waals surface area contributed by atoms with Gasteiger partial charge in [0.25, 0.3) is 0 Å². The van der Waals surface area contributed by atoms with Crippen LogP contribution in [0.15, 0.2) is 18.2 Å². The standard InChI is InChI=1S/C14H21ClN2/c1-10-4-3-5-11(2)17(10)9-12-6-13(15)8-14(16)7-12/h6-8,10-11H,3-5,9,16H2,1-2H3. The Morgan fingerprint density at radius 1 is 1.24 bits per heavy atom. The van der Waals surface area contributed by atoms with Gasteiger partial charge in [0.05, 0.1) is 0 Å². The SMILES string of the molecule is CC1CCCC(C)N1Cc1cc(N)cc(Cl)c1. The molecule has 0 aromatic heterocycles. The molecule has 2 rings (SSSR count). The van der Waals surface area contributed by atoms with E-state index in [0.717, 1.165) is 17.3 Å². The predicted molar refractivity (Wildman–Crippen MR) is 74.2 cm³/mol. The summed E-state index contributed by atoms with van der Waals surface area (Å²) in [4.78, 5) is 2.55. The van der Waals surface area contributed by atoms with Crippen LogP contribution >= 0.6 is 11.6 Å². The van der Waals surface area contributed by atoms with Crippen molar-refractivity contribution in [2.24, 2.45) is 0 Å². The van der Waals surface area contributed by atoms with Gasteiger partial charge in [-0.25, -0.2) is 0 Å². The Bertz CT molecular complexity index is 362. The van der Waals surface area contributed by atoms with Crippen LogP contribution in [0.1, 0.15) is 38.7 Å². The van der Waals surface area contributed by atoms with E-state index in [4.69, 9.17) is 17.3 Å². The predicted octanol–water partition coefficient (Wildman–Crippen LogP) is 3.69. The third-order valence-corrected chi connectivity index (χ3v) is 3.94. The summed E-state index contributed by atoms with van der Waals surface area (Å²) in [5, 5.41) is 0.734. The lowest BCUT2D eigenvalue weighted by Crippen LogP contribution is -2.42. The highest BCUT2D eigenvalue weighted by Crippen LogP contribution is 2.26. The van der Waals surface area contributed by atoms with E-state index in [9.17, 15) is 0 Å². The zero-order valence-electron chi connectivity index (χ0n) is 10.6. The van der Waals surface area contributed by atoms with Gasteiger partial charge in [-0.3, -0.25) is 4.90 Å². The van der Waals surface area contributed by atoms with Crippen molar-refractivity contribution in [3.05, 3.63) is 28.8 Å². The van der Waals surface area contributed by atoms with Gasteiger partial charge in [0.2, 0.25) is 0 Å². The first-order chi connectivity index (χ1) is 8.06. The minimum Gasteiger partial charge on any atom is -0.399 e. The van der Waals surface area contributed by atoms with E-state index in [1.165, 1.54) is 24.8 Å². The largest absolute Gasteiger partial charge is 0.399 e. The maximum Gasteiger partial charge on any atom is 0.0429 e. The average Bonchev–Trinajstić information content (AvgIpc) is 2.22. The van der Waals surface area contributed by atoms with Gasteiger partial charge in [-0.05, 0) is 50.5 Å². The van der Waals surface area contributed by atoms with Crippen molar-refractivity contribution in [2.45, 2.75) is 51.7 Å². The summed E-state index contributed by atoms with van der Waals surface area (Å²) in [6.07, 6.45) is 3.93. The van der Waals surface area contributed by atoms with Crippen molar-refractivity contribution in [3.8, 4) is 0 Å². The lowest BCUT2D eigenvalue weighted by molar-refractivity contribution is 0.0953. The van der Waals surface area contributed by atoms with Crippen molar-refractivity contribution in [1.29, 1.82) is 0 Å². The van der Waals surface area contributed by atoms with E-state index in [0.29, 0.717) is 12.1 Å². The molecule has 1 aromatic rings. The van der Waals surface area contributed by atoms with Crippen LogP contribution in [0.2, 0.25) is 5.02 Å². The highest BCUT2D eigenvalue weighted by Gasteiger charge is 2.24. The molecule has 0 amide bonds. The first kappa shape index (κ1) is 12.7. The normalized spacial score (nSPS) is 26.1. The van der Waals surface area contributed by atoms with E-state index in [1.54, 1.807) is 6.07 Å². The van der Waals surface area contributed by atoms with Crippen molar-refractivity contribution >= 4 is 17.3 Å². The molecule has 17 heavy (non-hydrogen) atoms. The zero-order valence-corrected chi connectivity index (χ0v) is 11.4. The number of halogens is 1. The van der Waals surface area contributed by atoms with Gasteiger partial charge in [0.1, 0.15) is 0 Å². The first-order valence-electron chi connectivity index (χ1n) is 6.37. The summed E-state index contributed by atoms with van der Waals surface area (Å²) >= 11 is 6.04. The Kier molecular flexibility index (Phi) is 3.95. The fourth-order valence-electron chi connectivity index (χ4n) is 2.76. The van der Waals surface area contributed by atoms with E-state index >= 15 is 0 Å². The highest BCUT2D eigenvalue weighted by molar-refractivity contribution is 6.30. The molecule has 2 N–H and O–H groups in total. The van der Waals surface area contributed by atoms with Crippen LogP contribution < -0.4 is 5.73 Å². The second-order valence-electron chi connectivity index (χ2n) is 5.19. The topological polar surface area (TPSA) is 29.3 Å². The summed E-state index contributed by atoms with van der Waals surface area (Å²) in [6.45, 7) is 5.57. The summed E-state index contributed by atoms with van der Waals surface area (Å²) in [6, 6.07) is 7.15. The minimum atomic E-state index is 0.652. The van der Waals surface area contributed by atoms with Gasteiger partial charge in [0.15, 0.2) is 0 Å². The number of likely N-dealkylation sites (tertiary alicyclic amines) is 1. The zero-order chi connectivity index (χ0) is 12.4. The second-order valence-corrected chi connectivity index (χ2v) is 5.63. The van der Waals surface area contributed by atoms with Crippen molar-refractivity contribution in [1.82, 2.24) is 4.90 Å². The van der Waals surface area contributed by atoms with Crippen LogP contribution in [-0.2, 0) is 6.54 Å². The molecule has 1 heterocycles. The van der Waals surface area contributed by atoms with Crippen molar-refractivity contribution in [3.63, 3.8) is 0 Å². The molecule has 1 aromatic carbocycles. The third kappa shape index (κ3) is 3.14. The fraction of sp³-hybridized carbons (Fsp3) is 0.571. The van der Waals surface area contributed by atoms with Gasteiger partial charge in [-0.2, -0.15) is 0 Å². The highest BCUT2D eigenvalue weighted by atomic mass is 35.5.